The Morgan fingerprint density at radius 2 is 2.12 bits per heavy atom. The van der Waals surface area contributed by atoms with Gasteiger partial charge in [-0.05, 0) is 37.5 Å². The van der Waals surface area contributed by atoms with Gasteiger partial charge in [-0.3, -0.25) is 4.79 Å². The molecule has 2 aromatic rings. The van der Waals surface area contributed by atoms with Gasteiger partial charge >= 0.3 is 0 Å². The molecular weight excluding hydrogens is 345 g/mol. The number of hydrogen-bond acceptors (Lipinski definition) is 4. The first-order chi connectivity index (χ1) is 11.7. The van der Waals surface area contributed by atoms with Crippen LogP contribution in [-0.2, 0) is 9.84 Å². The number of rotatable bonds is 4. The topological polar surface area (TPSA) is 67.6 Å². The number of carbonyl (C=O) groups is 1. The van der Waals surface area contributed by atoms with Gasteiger partial charge in [0, 0.05) is 23.5 Å². The van der Waals surface area contributed by atoms with Crippen LogP contribution in [-0.4, -0.2) is 43.3 Å². The largest absolute Gasteiger partial charge is 0.451 e. The highest BCUT2D eigenvalue weighted by atomic mass is 32.2. The second kappa shape index (κ2) is 6.44. The van der Waals surface area contributed by atoms with E-state index in [1.807, 2.05) is 13.8 Å². The molecule has 1 saturated heterocycles. The maximum Gasteiger partial charge on any atom is 0.290 e. The summed E-state index contributed by atoms with van der Waals surface area (Å²) in [4.78, 5) is 14.7. The van der Waals surface area contributed by atoms with E-state index in [0.717, 1.165) is 0 Å². The summed E-state index contributed by atoms with van der Waals surface area (Å²) >= 11 is 0. The van der Waals surface area contributed by atoms with Crippen molar-refractivity contribution in [1.82, 2.24) is 4.90 Å². The lowest BCUT2D eigenvalue weighted by Crippen LogP contribution is -2.43. The van der Waals surface area contributed by atoms with E-state index in [2.05, 4.69) is 0 Å². The van der Waals surface area contributed by atoms with E-state index in [1.165, 1.54) is 18.2 Å². The molecule has 0 unspecified atom stereocenters. The molecule has 1 aromatic carbocycles. The quantitative estimate of drug-likeness (QED) is 0.832. The first-order valence-electron chi connectivity index (χ1n) is 8.38. The lowest BCUT2D eigenvalue weighted by molar-refractivity contribution is 0.0641. The molecule has 5 nitrogen and oxygen atoms in total. The van der Waals surface area contributed by atoms with Crippen LogP contribution in [0.4, 0.5) is 4.39 Å². The Labute approximate surface area is 146 Å². The third-order valence-electron chi connectivity index (χ3n) is 4.56. The van der Waals surface area contributed by atoms with E-state index in [9.17, 15) is 17.6 Å². The molecule has 1 atom stereocenters. The number of halogens is 1. The molecule has 0 aliphatic carbocycles. The molecule has 0 N–H and O–H groups in total. The first-order valence-corrected chi connectivity index (χ1v) is 10.2. The van der Waals surface area contributed by atoms with Crippen molar-refractivity contribution in [1.29, 1.82) is 0 Å². The number of aryl methyl sites for hydroxylation is 1. The van der Waals surface area contributed by atoms with Crippen molar-refractivity contribution in [2.45, 2.75) is 33.2 Å². The Balaban J connectivity index is 1.99. The van der Waals surface area contributed by atoms with Gasteiger partial charge in [-0.1, -0.05) is 13.8 Å². The molecule has 0 saturated carbocycles. The monoisotopic (exact) mass is 367 g/mol. The minimum absolute atomic E-state index is 0.0145. The average Bonchev–Trinajstić information content (AvgIpc) is 3.04. The molecule has 3 rings (SSSR count). The van der Waals surface area contributed by atoms with Crippen molar-refractivity contribution >= 4 is 26.7 Å². The minimum Gasteiger partial charge on any atom is -0.451 e. The predicted octanol–water partition coefficient (Wildman–Crippen LogP) is 3.17. The predicted molar refractivity (Wildman–Crippen MR) is 93.8 cm³/mol. The van der Waals surface area contributed by atoms with Crippen LogP contribution in [0.5, 0.6) is 0 Å². The van der Waals surface area contributed by atoms with Gasteiger partial charge in [0.25, 0.3) is 5.91 Å². The lowest BCUT2D eigenvalue weighted by atomic mass is 10.1. The summed E-state index contributed by atoms with van der Waals surface area (Å²) in [6.07, 6.45) is 0.439. The van der Waals surface area contributed by atoms with E-state index in [1.54, 1.807) is 11.8 Å². The summed E-state index contributed by atoms with van der Waals surface area (Å²) in [6, 6.07) is 3.79. The Hall–Kier alpha value is -1.89. The van der Waals surface area contributed by atoms with Crippen LogP contribution in [0.15, 0.2) is 22.6 Å². The molecule has 1 aromatic heterocycles. The number of carbonyl (C=O) groups excluding carboxylic acids is 1. The van der Waals surface area contributed by atoms with Crippen molar-refractivity contribution in [3.05, 3.63) is 35.3 Å². The molecule has 136 valence electrons. The molecule has 0 radical (unpaired) electrons. The number of amides is 1. The minimum atomic E-state index is -3.11. The summed E-state index contributed by atoms with van der Waals surface area (Å²) in [7, 11) is -3.11. The zero-order chi connectivity index (χ0) is 18.4. The molecule has 1 amide bonds. The summed E-state index contributed by atoms with van der Waals surface area (Å²) in [6.45, 7) is 6.12. The molecule has 0 bridgehead atoms. The van der Waals surface area contributed by atoms with E-state index >= 15 is 0 Å². The van der Waals surface area contributed by atoms with Crippen molar-refractivity contribution in [2.24, 2.45) is 5.92 Å². The molecular formula is C18H22FNO4S. The third kappa shape index (κ3) is 3.56. The van der Waals surface area contributed by atoms with E-state index < -0.39 is 15.7 Å². The Morgan fingerprint density at radius 3 is 2.72 bits per heavy atom. The number of sulfone groups is 1. The van der Waals surface area contributed by atoms with E-state index in [-0.39, 0.29) is 35.1 Å². The number of fused-ring (bicyclic) bond motifs is 1. The van der Waals surface area contributed by atoms with Crippen LogP contribution < -0.4 is 0 Å². The summed E-state index contributed by atoms with van der Waals surface area (Å²) in [5.74, 6) is -0.287. The van der Waals surface area contributed by atoms with Crippen LogP contribution >= 0.6 is 0 Å². The van der Waals surface area contributed by atoms with Crippen molar-refractivity contribution in [2.75, 3.05) is 18.1 Å². The van der Waals surface area contributed by atoms with Gasteiger partial charge in [-0.15, -0.1) is 0 Å². The number of furan rings is 1. The van der Waals surface area contributed by atoms with Gasteiger partial charge < -0.3 is 9.32 Å². The fourth-order valence-electron chi connectivity index (χ4n) is 3.34. The standard InChI is InChI=1S/C18H22FNO4S/c1-11(2)9-20(14-6-7-25(22,23)10-14)18(21)17-12(3)15-8-13(19)4-5-16(15)24-17/h4-5,8,11,14H,6-7,9-10H2,1-3H3/t14-/m1/s1. The van der Waals surface area contributed by atoms with Gasteiger partial charge in [-0.2, -0.15) is 0 Å². The van der Waals surface area contributed by atoms with Crippen LogP contribution in [0.2, 0.25) is 0 Å². The number of hydrogen-bond donors (Lipinski definition) is 0. The number of nitrogens with zero attached hydrogens (tertiary/aromatic N) is 1. The molecule has 1 aliphatic rings. The van der Waals surface area contributed by atoms with Crippen molar-refractivity contribution in [3.8, 4) is 0 Å². The number of benzene rings is 1. The highest BCUT2D eigenvalue weighted by Crippen LogP contribution is 2.29. The van der Waals surface area contributed by atoms with Crippen LogP contribution in [0.3, 0.4) is 0 Å². The van der Waals surface area contributed by atoms with E-state index in [0.29, 0.717) is 29.5 Å². The van der Waals surface area contributed by atoms with Gasteiger partial charge in [0.05, 0.1) is 11.5 Å². The fraction of sp³-hybridized carbons (Fsp3) is 0.500. The average molecular weight is 367 g/mol. The molecule has 7 heteroatoms. The maximum absolute atomic E-state index is 13.5. The molecule has 1 fully saturated rings. The van der Waals surface area contributed by atoms with Crippen molar-refractivity contribution < 1.29 is 22.0 Å². The molecule has 25 heavy (non-hydrogen) atoms. The zero-order valence-electron chi connectivity index (χ0n) is 14.6. The van der Waals surface area contributed by atoms with Crippen molar-refractivity contribution in [3.63, 3.8) is 0 Å². The van der Waals surface area contributed by atoms with Gasteiger partial charge in [-0.25, -0.2) is 12.8 Å². The normalized spacial score (nSPS) is 19.6. The van der Waals surface area contributed by atoms with Crippen LogP contribution in [0.25, 0.3) is 11.0 Å². The fourth-order valence-corrected chi connectivity index (χ4v) is 5.07. The summed E-state index contributed by atoms with van der Waals surface area (Å²) < 4.78 is 42.8. The molecule has 1 aliphatic heterocycles. The highest BCUT2D eigenvalue weighted by Gasteiger charge is 2.36. The second-order valence-corrected chi connectivity index (χ2v) is 9.33. The maximum atomic E-state index is 13.5. The van der Waals surface area contributed by atoms with Gasteiger partial charge in [0.2, 0.25) is 0 Å². The van der Waals surface area contributed by atoms with Gasteiger partial charge in [0.1, 0.15) is 11.4 Å². The smallest absolute Gasteiger partial charge is 0.290 e. The Morgan fingerprint density at radius 1 is 1.40 bits per heavy atom. The Bertz CT molecular complexity index is 917. The molecule has 0 spiro atoms. The van der Waals surface area contributed by atoms with Gasteiger partial charge in [0.15, 0.2) is 15.6 Å². The Kier molecular flexibility index (Phi) is 4.62. The second-order valence-electron chi connectivity index (χ2n) is 7.10. The van der Waals surface area contributed by atoms with Crippen LogP contribution in [0, 0.1) is 18.7 Å². The lowest BCUT2D eigenvalue weighted by Gasteiger charge is -2.29. The van der Waals surface area contributed by atoms with E-state index in [4.69, 9.17) is 4.42 Å². The first kappa shape index (κ1) is 17.9. The highest BCUT2D eigenvalue weighted by molar-refractivity contribution is 7.91. The third-order valence-corrected chi connectivity index (χ3v) is 6.31. The zero-order valence-corrected chi connectivity index (χ0v) is 15.4. The summed E-state index contributed by atoms with van der Waals surface area (Å²) in [5, 5.41) is 0.562. The molecule has 2 heterocycles. The SMILES string of the molecule is Cc1c(C(=O)N(CC(C)C)[C@@H]2CCS(=O)(=O)C2)oc2ccc(F)cc12. The summed E-state index contributed by atoms with van der Waals surface area (Å²) in [5.41, 5.74) is 1.03. The van der Waals surface area contributed by atoms with Crippen LogP contribution in [0.1, 0.15) is 36.4 Å².